The first-order chi connectivity index (χ1) is 11.7. The molecule has 1 N–H and O–H groups in total. The van der Waals surface area contributed by atoms with E-state index in [-0.39, 0.29) is 5.56 Å². The highest BCUT2D eigenvalue weighted by Crippen LogP contribution is 2.38. The molecule has 126 valence electrons. The van der Waals surface area contributed by atoms with Gasteiger partial charge in [0.2, 0.25) is 0 Å². The zero-order valence-electron chi connectivity index (χ0n) is 14.2. The summed E-state index contributed by atoms with van der Waals surface area (Å²) in [6, 6.07) is 6.32. The van der Waals surface area contributed by atoms with Gasteiger partial charge >= 0.3 is 0 Å². The Kier molecular flexibility index (Phi) is 4.08. The summed E-state index contributed by atoms with van der Waals surface area (Å²) >= 11 is 0. The van der Waals surface area contributed by atoms with Gasteiger partial charge in [0.15, 0.2) is 0 Å². The second kappa shape index (κ2) is 6.38. The summed E-state index contributed by atoms with van der Waals surface area (Å²) in [5.41, 5.74) is 1.57. The Labute approximate surface area is 142 Å². The minimum Gasteiger partial charge on any atom is -0.353 e. The van der Waals surface area contributed by atoms with Gasteiger partial charge in [0, 0.05) is 36.1 Å². The third-order valence-electron chi connectivity index (χ3n) is 5.48. The van der Waals surface area contributed by atoms with Gasteiger partial charge in [0.05, 0.1) is 0 Å². The van der Waals surface area contributed by atoms with Gasteiger partial charge in [-0.2, -0.15) is 0 Å². The molecule has 0 radical (unpaired) electrons. The van der Waals surface area contributed by atoms with Crippen LogP contribution >= 0.6 is 0 Å². The van der Waals surface area contributed by atoms with E-state index in [1.165, 1.54) is 32.1 Å². The largest absolute Gasteiger partial charge is 0.353 e. The van der Waals surface area contributed by atoms with Crippen molar-refractivity contribution in [1.29, 1.82) is 0 Å². The highest BCUT2D eigenvalue weighted by Gasteiger charge is 2.36. The molecule has 2 aliphatic rings. The Morgan fingerprint density at radius 2 is 2.12 bits per heavy atom. The number of nitrogens with zero attached hydrogens (tertiary/aromatic N) is 3. The molecule has 0 aromatic carbocycles. The topological polar surface area (TPSA) is 61.9 Å². The molecule has 2 aromatic heterocycles. The van der Waals surface area contributed by atoms with Gasteiger partial charge in [-0.05, 0) is 43.7 Å². The Morgan fingerprint density at radius 3 is 2.92 bits per heavy atom. The van der Waals surface area contributed by atoms with E-state index in [0.717, 1.165) is 36.0 Å². The SMILES string of the molecule is CCc1cc(=O)[nH]c(-c2ccc(N3CCC4CCCCC43)nc2)n1. The summed E-state index contributed by atoms with van der Waals surface area (Å²) < 4.78 is 0. The molecule has 0 bridgehead atoms. The lowest BCUT2D eigenvalue weighted by Crippen LogP contribution is -2.35. The van der Waals surface area contributed by atoms with Crippen molar-refractivity contribution in [3.05, 3.63) is 40.4 Å². The zero-order chi connectivity index (χ0) is 16.5. The Hall–Kier alpha value is -2.17. The molecule has 0 amide bonds. The number of nitrogens with one attached hydrogen (secondary N) is 1. The Morgan fingerprint density at radius 1 is 1.25 bits per heavy atom. The maximum absolute atomic E-state index is 11.8. The quantitative estimate of drug-likeness (QED) is 0.942. The molecule has 1 saturated heterocycles. The fraction of sp³-hybridized carbons (Fsp3) is 0.526. The second-order valence-electron chi connectivity index (χ2n) is 6.94. The molecule has 24 heavy (non-hydrogen) atoms. The van der Waals surface area contributed by atoms with E-state index in [4.69, 9.17) is 0 Å². The van der Waals surface area contributed by atoms with Gasteiger partial charge in [-0.25, -0.2) is 9.97 Å². The molecule has 2 atom stereocenters. The van der Waals surface area contributed by atoms with Crippen molar-refractivity contribution in [3.63, 3.8) is 0 Å². The Bertz CT molecular complexity index is 768. The first kappa shape index (κ1) is 15.4. The van der Waals surface area contributed by atoms with Crippen LogP contribution in [0.4, 0.5) is 5.82 Å². The van der Waals surface area contributed by atoms with Crippen molar-refractivity contribution in [2.45, 2.75) is 51.5 Å². The number of hydrogen-bond acceptors (Lipinski definition) is 4. The van der Waals surface area contributed by atoms with Gasteiger partial charge in [-0.15, -0.1) is 0 Å². The summed E-state index contributed by atoms with van der Waals surface area (Å²) in [5, 5.41) is 0. The molecule has 1 aliphatic heterocycles. The molecule has 2 unspecified atom stereocenters. The van der Waals surface area contributed by atoms with Crippen LogP contribution in [-0.4, -0.2) is 27.5 Å². The van der Waals surface area contributed by atoms with Crippen LogP contribution in [-0.2, 0) is 6.42 Å². The van der Waals surface area contributed by atoms with E-state index in [1.807, 2.05) is 19.2 Å². The van der Waals surface area contributed by atoms with Crippen LogP contribution in [0.2, 0.25) is 0 Å². The summed E-state index contributed by atoms with van der Waals surface area (Å²) in [5.74, 6) is 2.51. The zero-order valence-corrected chi connectivity index (χ0v) is 14.2. The number of fused-ring (bicyclic) bond motifs is 1. The van der Waals surface area contributed by atoms with E-state index in [9.17, 15) is 4.79 Å². The summed E-state index contributed by atoms with van der Waals surface area (Å²) in [7, 11) is 0. The van der Waals surface area contributed by atoms with Crippen molar-refractivity contribution in [1.82, 2.24) is 15.0 Å². The molecule has 0 spiro atoms. The fourth-order valence-electron chi connectivity index (χ4n) is 4.21. The molecular weight excluding hydrogens is 300 g/mol. The van der Waals surface area contributed by atoms with Gasteiger partial charge in [0.1, 0.15) is 11.6 Å². The number of aromatic nitrogens is 3. The van der Waals surface area contributed by atoms with Crippen LogP contribution in [0.1, 0.15) is 44.7 Å². The lowest BCUT2D eigenvalue weighted by molar-refractivity contribution is 0.341. The molecule has 2 fully saturated rings. The first-order valence-corrected chi connectivity index (χ1v) is 9.08. The average Bonchev–Trinajstić information content (AvgIpc) is 3.05. The lowest BCUT2D eigenvalue weighted by atomic mass is 9.85. The molecule has 5 heteroatoms. The monoisotopic (exact) mass is 324 g/mol. The van der Waals surface area contributed by atoms with Gasteiger partial charge in [-0.1, -0.05) is 19.8 Å². The van der Waals surface area contributed by atoms with Crippen molar-refractivity contribution < 1.29 is 0 Å². The third-order valence-corrected chi connectivity index (χ3v) is 5.48. The smallest absolute Gasteiger partial charge is 0.251 e. The lowest BCUT2D eigenvalue weighted by Gasteiger charge is -2.32. The van der Waals surface area contributed by atoms with E-state index in [2.05, 4.69) is 25.9 Å². The highest BCUT2D eigenvalue weighted by molar-refractivity contribution is 5.56. The normalized spacial score (nSPS) is 23.3. The van der Waals surface area contributed by atoms with Crippen molar-refractivity contribution in [3.8, 4) is 11.4 Å². The summed E-state index contributed by atoms with van der Waals surface area (Å²) in [6.07, 6.45) is 9.26. The molecule has 2 aromatic rings. The van der Waals surface area contributed by atoms with Crippen molar-refractivity contribution in [2.24, 2.45) is 5.92 Å². The predicted molar refractivity (Wildman–Crippen MR) is 95.2 cm³/mol. The van der Waals surface area contributed by atoms with Gasteiger partial charge in [-0.3, -0.25) is 4.79 Å². The van der Waals surface area contributed by atoms with E-state index < -0.39 is 0 Å². The van der Waals surface area contributed by atoms with Crippen LogP contribution in [0, 0.1) is 5.92 Å². The third kappa shape index (κ3) is 2.83. The molecular formula is C19H24N4O. The van der Waals surface area contributed by atoms with Crippen LogP contribution in [0.15, 0.2) is 29.2 Å². The first-order valence-electron chi connectivity index (χ1n) is 9.08. The number of hydrogen-bond donors (Lipinski definition) is 1. The molecule has 4 rings (SSSR count). The van der Waals surface area contributed by atoms with Crippen molar-refractivity contribution in [2.75, 3.05) is 11.4 Å². The Balaban J connectivity index is 1.59. The standard InChI is InChI=1S/C19H24N4O/c1-2-15-11-18(24)22-19(21-15)14-7-8-17(20-12-14)23-10-9-13-5-3-4-6-16(13)23/h7-8,11-13,16H,2-6,9-10H2,1H3,(H,21,22,24). The van der Waals surface area contributed by atoms with Crippen LogP contribution < -0.4 is 10.5 Å². The highest BCUT2D eigenvalue weighted by atomic mass is 16.1. The summed E-state index contributed by atoms with van der Waals surface area (Å²) in [4.78, 5) is 26.2. The number of anilines is 1. The fourth-order valence-corrected chi connectivity index (χ4v) is 4.21. The minimum atomic E-state index is -0.106. The number of H-pyrrole nitrogens is 1. The molecule has 1 saturated carbocycles. The number of aryl methyl sites for hydroxylation is 1. The molecule has 3 heterocycles. The summed E-state index contributed by atoms with van der Waals surface area (Å²) in [6.45, 7) is 3.11. The van der Waals surface area contributed by atoms with E-state index in [0.29, 0.717) is 11.9 Å². The number of aromatic amines is 1. The maximum Gasteiger partial charge on any atom is 0.251 e. The van der Waals surface area contributed by atoms with Gasteiger partial charge < -0.3 is 9.88 Å². The number of rotatable bonds is 3. The van der Waals surface area contributed by atoms with E-state index in [1.54, 1.807) is 6.07 Å². The van der Waals surface area contributed by atoms with Gasteiger partial charge in [0.25, 0.3) is 5.56 Å². The van der Waals surface area contributed by atoms with Crippen LogP contribution in [0.25, 0.3) is 11.4 Å². The minimum absolute atomic E-state index is 0.106. The van der Waals surface area contributed by atoms with Crippen molar-refractivity contribution >= 4 is 5.82 Å². The molecule has 5 nitrogen and oxygen atoms in total. The molecule has 1 aliphatic carbocycles. The average molecular weight is 324 g/mol. The maximum atomic E-state index is 11.8. The number of pyridine rings is 1. The van der Waals surface area contributed by atoms with Crippen LogP contribution in [0.3, 0.4) is 0 Å². The van der Waals surface area contributed by atoms with Crippen LogP contribution in [0.5, 0.6) is 0 Å². The second-order valence-corrected chi connectivity index (χ2v) is 6.94. The predicted octanol–water partition coefficient (Wildman–Crippen LogP) is 3.16. The van der Waals surface area contributed by atoms with E-state index >= 15 is 0 Å².